The maximum absolute atomic E-state index is 2.52. The molecule has 0 aliphatic heterocycles. The summed E-state index contributed by atoms with van der Waals surface area (Å²) < 4.78 is 0. The first kappa shape index (κ1) is 17.0. The Morgan fingerprint density at radius 3 is 1.29 bits per heavy atom. The van der Waals surface area contributed by atoms with Gasteiger partial charge in [0.15, 0.2) is 0 Å². The van der Waals surface area contributed by atoms with E-state index in [1.165, 1.54) is 38.5 Å². The molecule has 0 nitrogen and oxygen atoms in total. The molecule has 0 aromatic heterocycles. The third kappa shape index (κ3) is 4.64. The monoisotopic (exact) mass is 240 g/mol. The van der Waals surface area contributed by atoms with Crippen LogP contribution in [0.3, 0.4) is 0 Å². The van der Waals surface area contributed by atoms with Crippen LogP contribution in [0, 0.1) is 16.2 Å². The Labute approximate surface area is 111 Å². The van der Waals surface area contributed by atoms with E-state index < -0.39 is 0 Å². The van der Waals surface area contributed by atoms with Gasteiger partial charge < -0.3 is 0 Å². The van der Waals surface area contributed by atoms with E-state index in [0.717, 1.165) is 0 Å². The molecular weight excluding hydrogens is 204 g/mol. The van der Waals surface area contributed by atoms with E-state index in [-0.39, 0.29) is 0 Å². The summed E-state index contributed by atoms with van der Waals surface area (Å²) >= 11 is 0. The summed E-state index contributed by atoms with van der Waals surface area (Å²) in [6, 6.07) is 0. The Bertz CT molecular complexity index is 188. The lowest BCUT2D eigenvalue weighted by molar-refractivity contribution is -0.0425. The summed E-state index contributed by atoms with van der Waals surface area (Å²) in [5.74, 6) is 0. The van der Waals surface area contributed by atoms with Gasteiger partial charge in [0.2, 0.25) is 0 Å². The second-order valence-electron chi connectivity index (χ2n) is 7.17. The summed E-state index contributed by atoms with van der Waals surface area (Å²) in [5.41, 5.74) is 1.95. The smallest absolute Gasteiger partial charge is 0.0316 e. The first-order chi connectivity index (χ1) is 7.83. The van der Waals surface area contributed by atoms with Crippen LogP contribution >= 0.6 is 0 Å². The standard InChI is InChI=1S/C13H24.2C2H6/c1-11(2)8-12(3)6-5-7-13(4,9-11)10-12;2*1-2/h5-10H2,1-4H3;2*1-2H3. The first-order valence-corrected chi connectivity index (χ1v) is 7.83. The van der Waals surface area contributed by atoms with Crippen molar-refractivity contribution in [1.82, 2.24) is 0 Å². The third-order valence-corrected chi connectivity index (χ3v) is 4.22. The van der Waals surface area contributed by atoms with Crippen LogP contribution in [0.15, 0.2) is 0 Å². The average Bonchev–Trinajstić information content (AvgIpc) is 2.18. The minimum atomic E-state index is 0.599. The molecule has 2 rings (SSSR count). The number of hydrogen-bond donors (Lipinski definition) is 0. The summed E-state index contributed by atoms with van der Waals surface area (Å²) in [6.45, 7) is 18.0. The highest BCUT2D eigenvalue weighted by molar-refractivity contribution is 4.99. The molecule has 104 valence electrons. The zero-order chi connectivity index (χ0) is 13.7. The average molecular weight is 240 g/mol. The molecule has 2 bridgehead atoms. The molecule has 0 aromatic rings. The van der Waals surface area contributed by atoms with Crippen LogP contribution in [0.1, 0.15) is 93.9 Å². The van der Waals surface area contributed by atoms with Crippen molar-refractivity contribution in [1.29, 1.82) is 0 Å². The summed E-state index contributed by atoms with van der Waals surface area (Å²) in [4.78, 5) is 0. The van der Waals surface area contributed by atoms with Crippen molar-refractivity contribution < 1.29 is 0 Å². The Balaban J connectivity index is 0.000000581. The molecule has 17 heavy (non-hydrogen) atoms. The van der Waals surface area contributed by atoms with Crippen molar-refractivity contribution in [3.8, 4) is 0 Å². The topological polar surface area (TPSA) is 0 Å². The predicted molar refractivity (Wildman–Crippen MR) is 80.4 cm³/mol. The van der Waals surface area contributed by atoms with Crippen LogP contribution in [-0.4, -0.2) is 0 Å². The van der Waals surface area contributed by atoms with Crippen LogP contribution in [0.5, 0.6) is 0 Å². The molecule has 0 spiro atoms. The van der Waals surface area contributed by atoms with E-state index in [1.54, 1.807) is 0 Å². The molecule has 0 aromatic carbocycles. The molecule has 2 aliphatic rings. The molecule has 2 atom stereocenters. The van der Waals surface area contributed by atoms with Gasteiger partial charge in [0, 0.05) is 0 Å². The lowest BCUT2D eigenvalue weighted by Gasteiger charge is -2.55. The van der Waals surface area contributed by atoms with Gasteiger partial charge in [0.1, 0.15) is 0 Å². The van der Waals surface area contributed by atoms with Gasteiger partial charge >= 0.3 is 0 Å². The first-order valence-electron chi connectivity index (χ1n) is 7.83. The van der Waals surface area contributed by atoms with Crippen LogP contribution in [0.4, 0.5) is 0 Å². The van der Waals surface area contributed by atoms with Crippen molar-refractivity contribution in [3.63, 3.8) is 0 Å². The summed E-state index contributed by atoms with van der Waals surface area (Å²) in [6.07, 6.45) is 8.83. The van der Waals surface area contributed by atoms with Gasteiger partial charge in [-0.1, -0.05) is 61.8 Å². The van der Waals surface area contributed by atoms with Gasteiger partial charge in [-0.05, 0) is 48.3 Å². The molecule has 2 fully saturated rings. The van der Waals surface area contributed by atoms with Crippen LogP contribution in [-0.2, 0) is 0 Å². The normalized spacial score (nSPS) is 38.1. The fourth-order valence-electron chi connectivity index (χ4n) is 4.82. The van der Waals surface area contributed by atoms with E-state index in [9.17, 15) is 0 Å². The number of hydrogen-bond acceptors (Lipinski definition) is 0. The lowest BCUT2D eigenvalue weighted by atomic mass is 9.50. The van der Waals surface area contributed by atoms with E-state index in [4.69, 9.17) is 0 Å². The van der Waals surface area contributed by atoms with Crippen LogP contribution in [0.25, 0.3) is 0 Å². The zero-order valence-corrected chi connectivity index (χ0v) is 13.7. The Hall–Kier alpha value is 0. The SMILES string of the molecule is CC.CC.CC1(C)CC2(C)CCCC(C)(C1)C2. The number of fused-ring (bicyclic) bond motifs is 2. The minimum Gasteiger partial charge on any atom is -0.0683 e. The second-order valence-corrected chi connectivity index (χ2v) is 7.17. The molecule has 2 saturated carbocycles. The summed E-state index contributed by atoms with van der Waals surface area (Å²) in [7, 11) is 0. The van der Waals surface area contributed by atoms with Gasteiger partial charge in [-0.2, -0.15) is 0 Å². The molecule has 2 unspecified atom stereocenters. The van der Waals surface area contributed by atoms with E-state index >= 15 is 0 Å². The predicted octanol–water partition coefficient (Wildman–Crippen LogP) is 6.45. The molecule has 0 radical (unpaired) electrons. The Morgan fingerprint density at radius 1 is 0.588 bits per heavy atom. The largest absolute Gasteiger partial charge is 0.0683 e. The van der Waals surface area contributed by atoms with E-state index in [1.807, 2.05) is 27.7 Å². The minimum absolute atomic E-state index is 0.599. The zero-order valence-electron chi connectivity index (χ0n) is 13.7. The summed E-state index contributed by atoms with van der Waals surface area (Å²) in [5, 5.41) is 0. The molecule has 0 amide bonds. The Kier molecular flexibility index (Phi) is 6.25. The van der Waals surface area contributed by atoms with Gasteiger partial charge in [-0.25, -0.2) is 0 Å². The van der Waals surface area contributed by atoms with Gasteiger partial charge in [0.25, 0.3) is 0 Å². The maximum atomic E-state index is 2.52. The fourth-order valence-corrected chi connectivity index (χ4v) is 4.82. The highest BCUT2D eigenvalue weighted by Crippen LogP contribution is 2.60. The maximum Gasteiger partial charge on any atom is -0.0316 e. The lowest BCUT2D eigenvalue weighted by Crippen LogP contribution is -2.44. The van der Waals surface area contributed by atoms with Crippen molar-refractivity contribution >= 4 is 0 Å². The molecule has 0 heterocycles. The van der Waals surface area contributed by atoms with Crippen molar-refractivity contribution in [3.05, 3.63) is 0 Å². The van der Waals surface area contributed by atoms with Gasteiger partial charge in [-0.15, -0.1) is 0 Å². The molecule has 2 aliphatic carbocycles. The Morgan fingerprint density at radius 2 is 0.941 bits per heavy atom. The fraction of sp³-hybridized carbons (Fsp3) is 1.00. The highest BCUT2D eigenvalue weighted by Gasteiger charge is 2.48. The van der Waals surface area contributed by atoms with E-state index in [2.05, 4.69) is 27.7 Å². The van der Waals surface area contributed by atoms with Crippen molar-refractivity contribution in [2.24, 2.45) is 16.2 Å². The van der Waals surface area contributed by atoms with E-state index in [0.29, 0.717) is 16.2 Å². The van der Waals surface area contributed by atoms with Crippen LogP contribution in [0.2, 0.25) is 0 Å². The van der Waals surface area contributed by atoms with Crippen molar-refractivity contribution in [2.75, 3.05) is 0 Å². The second kappa shape index (κ2) is 6.25. The van der Waals surface area contributed by atoms with Crippen molar-refractivity contribution in [2.45, 2.75) is 93.9 Å². The third-order valence-electron chi connectivity index (χ3n) is 4.22. The van der Waals surface area contributed by atoms with Gasteiger partial charge in [0.05, 0.1) is 0 Å². The molecule has 0 N–H and O–H groups in total. The van der Waals surface area contributed by atoms with Gasteiger partial charge in [-0.3, -0.25) is 0 Å². The number of rotatable bonds is 0. The molecule has 0 heteroatoms. The highest BCUT2D eigenvalue weighted by atomic mass is 14.5. The van der Waals surface area contributed by atoms with Crippen LogP contribution < -0.4 is 0 Å². The molecular formula is C17H36. The quantitative estimate of drug-likeness (QED) is 0.456. The molecule has 0 saturated heterocycles.